The summed E-state index contributed by atoms with van der Waals surface area (Å²) in [6, 6.07) is 0. The van der Waals surface area contributed by atoms with Crippen molar-refractivity contribution >= 4 is 80.8 Å². The fourth-order valence-corrected chi connectivity index (χ4v) is 0.466. The molecule has 16 heavy (non-hydrogen) atoms. The molecular formula is C5H3CsF6O4. The van der Waals surface area contributed by atoms with Crippen molar-refractivity contribution in [3.05, 3.63) is 0 Å². The second-order valence-corrected chi connectivity index (χ2v) is 2.33. The van der Waals surface area contributed by atoms with Gasteiger partial charge in [0, 0.05) is 0 Å². The molecule has 0 aliphatic rings. The molecule has 0 fully saturated rings. The second-order valence-electron chi connectivity index (χ2n) is 2.33. The number of carbonyl (C=O) groups is 2. The molecule has 0 aromatic carbocycles. The molecular weight excluding hydrogens is 371 g/mol. The predicted molar refractivity (Wildman–Crippen MR) is 37.3 cm³/mol. The molecule has 90 valence electrons. The zero-order valence-electron chi connectivity index (χ0n) is 6.48. The van der Waals surface area contributed by atoms with Gasteiger partial charge in [0.1, 0.15) is 0 Å². The van der Waals surface area contributed by atoms with Crippen molar-refractivity contribution in [1.82, 2.24) is 0 Å². The Morgan fingerprint density at radius 1 is 0.750 bits per heavy atom. The van der Waals surface area contributed by atoms with Gasteiger partial charge in [-0.25, -0.2) is 9.59 Å². The van der Waals surface area contributed by atoms with E-state index in [1.54, 1.807) is 0 Å². The molecule has 0 radical (unpaired) electrons. The molecule has 0 aliphatic carbocycles. The van der Waals surface area contributed by atoms with Gasteiger partial charge in [-0.2, -0.15) is 26.3 Å². The molecule has 0 heterocycles. The number of hydrogen-bond acceptors (Lipinski definition) is 2. The normalized spacial score (nSPS) is 12.9. The summed E-state index contributed by atoms with van der Waals surface area (Å²) in [6.45, 7) is 0. The van der Waals surface area contributed by atoms with Gasteiger partial charge in [-0.05, 0) is 0 Å². The Hall–Kier alpha value is 0.572. The Morgan fingerprint density at radius 3 is 1.06 bits per heavy atom. The Kier molecular flexibility index (Phi) is 6.48. The van der Waals surface area contributed by atoms with Crippen LogP contribution in [-0.2, 0) is 9.59 Å². The van der Waals surface area contributed by atoms with Crippen molar-refractivity contribution in [3.8, 4) is 0 Å². The number of carboxylic acid groups (broad SMARTS) is 2. The zero-order valence-corrected chi connectivity index (χ0v) is 6.48. The summed E-state index contributed by atoms with van der Waals surface area (Å²) in [5, 5.41) is 15.1. The molecule has 0 aromatic rings. The first-order valence-electron chi connectivity index (χ1n) is 2.99. The first kappa shape index (κ1) is 18.9. The minimum absolute atomic E-state index is 0. The van der Waals surface area contributed by atoms with Gasteiger partial charge in [0.05, 0.1) is 0 Å². The SMILES string of the molecule is O=C(O)C(F)(F)C(F)(F)C(F)(F)C(=O)O.[CsH]. The van der Waals surface area contributed by atoms with E-state index in [4.69, 9.17) is 10.2 Å². The van der Waals surface area contributed by atoms with Gasteiger partial charge in [0.15, 0.2) is 0 Å². The average molecular weight is 374 g/mol. The van der Waals surface area contributed by atoms with Gasteiger partial charge in [0.2, 0.25) is 0 Å². The average Bonchev–Trinajstić information content (AvgIpc) is 2.02. The summed E-state index contributed by atoms with van der Waals surface area (Å²) in [5.41, 5.74) is 0. The molecule has 0 aliphatic heterocycles. The minimum atomic E-state index is -6.53. The molecule has 0 aromatic heterocycles. The van der Waals surface area contributed by atoms with Crippen LogP contribution in [0.3, 0.4) is 0 Å². The van der Waals surface area contributed by atoms with Gasteiger partial charge in [-0.3, -0.25) is 0 Å². The van der Waals surface area contributed by atoms with E-state index in [9.17, 15) is 35.9 Å². The molecule has 0 bridgehead atoms. The van der Waals surface area contributed by atoms with Crippen LogP contribution in [0.25, 0.3) is 0 Å². The first-order chi connectivity index (χ1) is 6.39. The van der Waals surface area contributed by atoms with Crippen molar-refractivity contribution in [1.29, 1.82) is 0 Å². The maximum absolute atomic E-state index is 12.2. The molecule has 0 rings (SSSR count). The molecule has 2 N–H and O–H groups in total. The molecule has 0 saturated carbocycles. The first-order valence-corrected chi connectivity index (χ1v) is 2.99. The number of aliphatic carboxylic acids is 2. The van der Waals surface area contributed by atoms with Crippen LogP contribution in [0.5, 0.6) is 0 Å². The maximum atomic E-state index is 12.2. The van der Waals surface area contributed by atoms with Crippen LogP contribution in [0.2, 0.25) is 0 Å². The van der Waals surface area contributed by atoms with Crippen LogP contribution in [0.4, 0.5) is 26.3 Å². The van der Waals surface area contributed by atoms with E-state index >= 15 is 0 Å². The Bertz CT molecular complexity index is 275. The molecule has 0 spiro atoms. The molecule has 0 saturated heterocycles. The monoisotopic (exact) mass is 374 g/mol. The molecule has 0 atom stereocenters. The fourth-order valence-electron chi connectivity index (χ4n) is 0.466. The van der Waals surface area contributed by atoms with Gasteiger partial charge >= 0.3 is 98.6 Å². The van der Waals surface area contributed by atoms with Crippen LogP contribution >= 0.6 is 0 Å². The molecule has 11 heteroatoms. The van der Waals surface area contributed by atoms with E-state index in [-0.39, 0.29) is 68.9 Å². The van der Waals surface area contributed by atoms with Crippen molar-refractivity contribution in [3.63, 3.8) is 0 Å². The quantitative estimate of drug-likeness (QED) is 0.700. The van der Waals surface area contributed by atoms with Crippen molar-refractivity contribution in [2.24, 2.45) is 0 Å². The number of rotatable bonds is 4. The summed E-state index contributed by atoms with van der Waals surface area (Å²) < 4.78 is 72.8. The van der Waals surface area contributed by atoms with Crippen molar-refractivity contribution < 1.29 is 46.1 Å². The predicted octanol–water partition coefficient (Wildman–Crippen LogP) is 0.413. The Morgan fingerprint density at radius 2 is 0.938 bits per heavy atom. The third kappa shape index (κ3) is 2.87. The summed E-state index contributed by atoms with van der Waals surface area (Å²) in [5.74, 6) is -26.0. The van der Waals surface area contributed by atoms with Gasteiger partial charge in [-0.1, -0.05) is 0 Å². The molecule has 0 amide bonds. The third-order valence-corrected chi connectivity index (χ3v) is 1.33. The van der Waals surface area contributed by atoms with Crippen LogP contribution in [0.1, 0.15) is 0 Å². The van der Waals surface area contributed by atoms with Gasteiger partial charge in [0.25, 0.3) is 0 Å². The molecule has 0 unspecified atom stereocenters. The van der Waals surface area contributed by atoms with Crippen LogP contribution in [-0.4, -0.2) is 109 Å². The van der Waals surface area contributed by atoms with Crippen LogP contribution < -0.4 is 0 Å². The van der Waals surface area contributed by atoms with Gasteiger partial charge in [-0.15, -0.1) is 0 Å². The topological polar surface area (TPSA) is 74.6 Å². The van der Waals surface area contributed by atoms with Crippen LogP contribution in [0, 0.1) is 0 Å². The summed E-state index contributed by atoms with van der Waals surface area (Å²) in [6.07, 6.45) is 0. The van der Waals surface area contributed by atoms with Gasteiger partial charge < -0.3 is 10.2 Å². The van der Waals surface area contributed by atoms with E-state index in [0.29, 0.717) is 0 Å². The number of alkyl halides is 6. The van der Waals surface area contributed by atoms with Crippen molar-refractivity contribution in [2.75, 3.05) is 0 Å². The standard InChI is InChI=1S/C5H2F6O4.Cs.H/c6-3(7,1(12)13)5(10,11)4(8,9)2(14)15;;/h(H,12,13)(H,14,15);;. The molecule has 4 nitrogen and oxygen atoms in total. The summed E-state index contributed by atoms with van der Waals surface area (Å²) in [7, 11) is 0. The Balaban J connectivity index is 0. The summed E-state index contributed by atoms with van der Waals surface area (Å²) in [4.78, 5) is 19.2. The van der Waals surface area contributed by atoms with E-state index in [1.165, 1.54) is 0 Å². The van der Waals surface area contributed by atoms with E-state index in [2.05, 4.69) is 0 Å². The van der Waals surface area contributed by atoms with Crippen molar-refractivity contribution in [2.45, 2.75) is 17.8 Å². The van der Waals surface area contributed by atoms with E-state index < -0.39 is 29.7 Å². The second kappa shape index (κ2) is 5.48. The summed E-state index contributed by atoms with van der Waals surface area (Å²) >= 11 is 0. The number of hydrogen-bond donors (Lipinski definition) is 2. The van der Waals surface area contributed by atoms with E-state index in [1.807, 2.05) is 0 Å². The zero-order chi connectivity index (χ0) is 12.7. The number of halogens is 6. The van der Waals surface area contributed by atoms with Crippen LogP contribution in [0.15, 0.2) is 0 Å². The third-order valence-electron chi connectivity index (χ3n) is 1.33. The Labute approximate surface area is 142 Å². The van der Waals surface area contributed by atoms with E-state index in [0.717, 1.165) is 0 Å². The number of carboxylic acids is 2. The fraction of sp³-hybridized carbons (Fsp3) is 0.600.